The fourth-order valence-corrected chi connectivity index (χ4v) is 3.32. The van der Waals surface area contributed by atoms with E-state index in [2.05, 4.69) is 10.3 Å². The number of hydrogen-bond acceptors (Lipinski definition) is 6. The Morgan fingerprint density at radius 1 is 0.964 bits per heavy atom. The number of benzene rings is 1. The molecule has 1 aliphatic heterocycles. The van der Waals surface area contributed by atoms with Crippen LogP contribution in [0.5, 0.6) is 0 Å². The Balaban J connectivity index is 1.98. The topological polar surface area (TPSA) is 77.5 Å². The van der Waals surface area contributed by atoms with Crippen molar-refractivity contribution in [3.63, 3.8) is 0 Å². The predicted molar refractivity (Wildman–Crippen MR) is 104 cm³/mol. The van der Waals surface area contributed by atoms with Gasteiger partial charge >= 0.3 is 11.9 Å². The average Bonchev–Trinajstić information content (AvgIpc) is 2.72. The first-order valence-corrected chi connectivity index (χ1v) is 8.91. The fraction of sp³-hybridized carbons (Fsp3) is 0.227. The Bertz CT molecular complexity index is 934. The second-order valence-electron chi connectivity index (χ2n) is 6.43. The molecule has 0 fully saturated rings. The molecule has 0 amide bonds. The molecule has 1 N–H and O–H groups in total. The molecule has 0 radical (unpaired) electrons. The summed E-state index contributed by atoms with van der Waals surface area (Å²) in [5.74, 6) is -1.56. The molecule has 1 unspecified atom stereocenters. The maximum Gasteiger partial charge on any atom is 0.337 e. The van der Waals surface area contributed by atoms with Crippen molar-refractivity contribution in [2.75, 3.05) is 7.11 Å². The van der Waals surface area contributed by atoms with Gasteiger partial charge in [-0.25, -0.2) is 9.59 Å². The van der Waals surface area contributed by atoms with Crippen molar-refractivity contribution in [2.45, 2.75) is 26.4 Å². The second kappa shape index (κ2) is 8.52. The molecule has 3 rings (SSSR count). The van der Waals surface area contributed by atoms with Crippen molar-refractivity contribution in [2.24, 2.45) is 0 Å². The summed E-state index contributed by atoms with van der Waals surface area (Å²) in [6, 6.07) is 14.8. The number of esters is 2. The first-order valence-electron chi connectivity index (χ1n) is 8.91. The summed E-state index contributed by atoms with van der Waals surface area (Å²) < 4.78 is 10.5. The summed E-state index contributed by atoms with van der Waals surface area (Å²) in [6.45, 7) is 3.64. The molecule has 28 heavy (non-hydrogen) atoms. The van der Waals surface area contributed by atoms with Gasteiger partial charge in [0.2, 0.25) is 0 Å². The number of carbonyl (C=O) groups is 2. The molecule has 1 aromatic heterocycles. The smallest absolute Gasteiger partial charge is 0.337 e. The van der Waals surface area contributed by atoms with Gasteiger partial charge < -0.3 is 14.8 Å². The highest BCUT2D eigenvalue weighted by molar-refractivity contribution is 5.99. The lowest BCUT2D eigenvalue weighted by Crippen LogP contribution is -2.32. The monoisotopic (exact) mass is 378 g/mol. The number of ether oxygens (including phenoxy) is 2. The van der Waals surface area contributed by atoms with Crippen LogP contribution in [0.3, 0.4) is 0 Å². The number of methoxy groups -OCH3 is 1. The Hall–Kier alpha value is -3.41. The molecule has 1 aliphatic rings. The van der Waals surface area contributed by atoms with E-state index >= 15 is 0 Å². The van der Waals surface area contributed by atoms with Crippen LogP contribution in [0, 0.1) is 0 Å². The molecular formula is C22H22N2O4. The fourth-order valence-electron chi connectivity index (χ4n) is 3.32. The largest absolute Gasteiger partial charge is 0.466 e. The van der Waals surface area contributed by atoms with Gasteiger partial charge in [0, 0.05) is 17.6 Å². The molecule has 6 heteroatoms. The first kappa shape index (κ1) is 19.4. The number of nitrogens with one attached hydrogen (secondary N) is 1. The Kier molecular flexibility index (Phi) is 5.89. The van der Waals surface area contributed by atoms with Crippen molar-refractivity contribution < 1.29 is 19.1 Å². The highest BCUT2D eigenvalue weighted by Crippen LogP contribution is 2.39. The summed E-state index contributed by atoms with van der Waals surface area (Å²) in [5.41, 5.74) is 3.53. The number of nitrogens with zero attached hydrogens (tertiary/aromatic N) is 1. The lowest BCUT2D eigenvalue weighted by Gasteiger charge is -2.30. The number of carbonyl (C=O) groups excluding carboxylic acids is 2. The minimum absolute atomic E-state index is 0.0498. The lowest BCUT2D eigenvalue weighted by molar-refractivity contribution is -0.140. The minimum Gasteiger partial charge on any atom is -0.466 e. The summed E-state index contributed by atoms with van der Waals surface area (Å²) in [4.78, 5) is 29.7. The number of rotatable bonds is 5. The Morgan fingerprint density at radius 2 is 1.61 bits per heavy atom. The van der Waals surface area contributed by atoms with Crippen molar-refractivity contribution >= 4 is 11.9 Å². The van der Waals surface area contributed by atoms with E-state index in [1.54, 1.807) is 32.2 Å². The SMILES string of the molecule is COC(=O)C1=C(C)NC(C)=C(C(=O)OCc2ccccn2)C1c1ccccc1. The van der Waals surface area contributed by atoms with E-state index in [1.807, 2.05) is 36.4 Å². The third-order valence-corrected chi connectivity index (χ3v) is 4.60. The maximum atomic E-state index is 13.0. The highest BCUT2D eigenvalue weighted by Gasteiger charge is 2.37. The lowest BCUT2D eigenvalue weighted by atomic mass is 9.80. The molecule has 1 atom stereocenters. The van der Waals surface area contributed by atoms with Gasteiger partial charge in [-0.1, -0.05) is 36.4 Å². The zero-order valence-corrected chi connectivity index (χ0v) is 16.1. The average molecular weight is 378 g/mol. The van der Waals surface area contributed by atoms with Gasteiger partial charge in [0.05, 0.1) is 29.9 Å². The van der Waals surface area contributed by atoms with Crippen LogP contribution in [0.2, 0.25) is 0 Å². The van der Waals surface area contributed by atoms with Crippen LogP contribution in [-0.4, -0.2) is 24.0 Å². The van der Waals surface area contributed by atoms with Gasteiger partial charge in [0.25, 0.3) is 0 Å². The van der Waals surface area contributed by atoms with Crippen LogP contribution in [0.15, 0.2) is 77.3 Å². The van der Waals surface area contributed by atoms with E-state index in [9.17, 15) is 9.59 Å². The molecule has 2 heterocycles. The third kappa shape index (κ3) is 3.96. The van der Waals surface area contributed by atoms with Gasteiger partial charge in [0.1, 0.15) is 6.61 Å². The predicted octanol–water partition coefficient (Wildman–Crippen LogP) is 3.23. The van der Waals surface area contributed by atoms with Crippen molar-refractivity contribution in [1.29, 1.82) is 0 Å². The van der Waals surface area contributed by atoms with E-state index < -0.39 is 17.9 Å². The number of allylic oxidation sites excluding steroid dienone is 2. The Labute approximate surface area is 163 Å². The van der Waals surface area contributed by atoms with Gasteiger partial charge in [-0.05, 0) is 31.5 Å². The third-order valence-electron chi connectivity index (χ3n) is 4.60. The quantitative estimate of drug-likeness (QED) is 0.805. The van der Waals surface area contributed by atoms with Crippen LogP contribution < -0.4 is 5.32 Å². The maximum absolute atomic E-state index is 13.0. The van der Waals surface area contributed by atoms with E-state index in [0.717, 1.165) is 5.56 Å². The van der Waals surface area contributed by atoms with Crippen LogP contribution >= 0.6 is 0 Å². The van der Waals surface area contributed by atoms with E-state index in [-0.39, 0.29) is 6.61 Å². The molecule has 2 aromatic rings. The zero-order valence-electron chi connectivity index (χ0n) is 16.1. The van der Waals surface area contributed by atoms with Gasteiger partial charge in [-0.15, -0.1) is 0 Å². The number of aromatic nitrogens is 1. The van der Waals surface area contributed by atoms with Crippen LogP contribution in [-0.2, 0) is 25.7 Å². The molecule has 0 aliphatic carbocycles. The van der Waals surface area contributed by atoms with Crippen molar-refractivity contribution in [3.05, 3.63) is 88.5 Å². The summed E-state index contributed by atoms with van der Waals surface area (Å²) in [6.07, 6.45) is 1.64. The number of hydrogen-bond donors (Lipinski definition) is 1. The molecular weight excluding hydrogens is 356 g/mol. The summed E-state index contributed by atoms with van der Waals surface area (Å²) in [5, 5.41) is 3.12. The highest BCUT2D eigenvalue weighted by atomic mass is 16.5. The van der Waals surface area contributed by atoms with Crippen molar-refractivity contribution in [3.8, 4) is 0 Å². The van der Waals surface area contributed by atoms with Crippen LogP contribution in [0.25, 0.3) is 0 Å². The summed E-state index contributed by atoms with van der Waals surface area (Å²) in [7, 11) is 1.33. The summed E-state index contributed by atoms with van der Waals surface area (Å²) >= 11 is 0. The number of dihydropyridines is 1. The minimum atomic E-state index is -0.578. The van der Waals surface area contributed by atoms with Gasteiger partial charge in [-0.3, -0.25) is 4.98 Å². The van der Waals surface area contributed by atoms with Gasteiger partial charge in [0.15, 0.2) is 0 Å². The van der Waals surface area contributed by atoms with E-state index in [1.165, 1.54) is 7.11 Å². The number of pyridine rings is 1. The molecule has 0 saturated carbocycles. The Morgan fingerprint density at radius 3 is 2.21 bits per heavy atom. The molecule has 0 bridgehead atoms. The molecule has 0 saturated heterocycles. The first-order chi connectivity index (χ1) is 13.5. The standard InChI is InChI=1S/C22H22N2O4/c1-14-18(21(25)27-3)20(16-9-5-4-6-10-16)19(15(2)24-14)22(26)28-13-17-11-7-8-12-23-17/h4-12,20,24H,13H2,1-3H3. The molecule has 1 aromatic carbocycles. The zero-order chi connectivity index (χ0) is 20.1. The second-order valence-corrected chi connectivity index (χ2v) is 6.43. The normalized spacial score (nSPS) is 16.5. The molecule has 0 spiro atoms. The van der Waals surface area contributed by atoms with E-state index in [4.69, 9.17) is 9.47 Å². The van der Waals surface area contributed by atoms with Crippen molar-refractivity contribution in [1.82, 2.24) is 10.3 Å². The van der Waals surface area contributed by atoms with Crippen LogP contribution in [0.4, 0.5) is 0 Å². The molecule has 6 nitrogen and oxygen atoms in total. The van der Waals surface area contributed by atoms with Crippen LogP contribution in [0.1, 0.15) is 31.0 Å². The van der Waals surface area contributed by atoms with E-state index in [0.29, 0.717) is 28.2 Å². The molecule has 144 valence electrons. The van der Waals surface area contributed by atoms with Gasteiger partial charge in [-0.2, -0.15) is 0 Å².